The Labute approximate surface area is 199 Å². The average Bonchev–Trinajstić information content (AvgIpc) is 3.55. The van der Waals surface area contributed by atoms with Gasteiger partial charge in [0.1, 0.15) is 6.61 Å². The Kier molecular flexibility index (Phi) is 6.26. The minimum absolute atomic E-state index is 0.0134. The number of hydrogen-bond donors (Lipinski definition) is 2. The molecule has 1 saturated carbocycles. The summed E-state index contributed by atoms with van der Waals surface area (Å²) in [5.41, 5.74) is 4.66. The predicted molar refractivity (Wildman–Crippen MR) is 126 cm³/mol. The Morgan fingerprint density at radius 1 is 0.941 bits per heavy atom. The molecule has 2 fully saturated rings. The van der Waals surface area contributed by atoms with E-state index in [9.17, 15) is 14.4 Å². The molecule has 2 aromatic rings. The predicted octanol–water partition coefficient (Wildman–Crippen LogP) is 4.16. The third kappa shape index (κ3) is 4.27. The van der Waals surface area contributed by atoms with E-state index in [1.54, 1.807) is 4.90 Å². The van der Waals surface area contributed by atoms with Crippen molar-refractivity contribution in [3.63, 3.8) is 0 Å². The van der Waals surface area contributed by atoms with Crippen LogP contribution in [0.25, 0.3) is 11.1 Å². The molecule has 3 aliphatic rings. The first-order chi connectivity index (χ1) is 16.5. The van der Waals surface area contributed by atoms with E-state index < -0.39 is 12.1 Å². The first-order valence-electron chi connectivity index (χ1n) is 12.2. The number of aliphatic carboxylic acids is 1. The number of nitrogens with one attached hydrogen (secondary N) is 1. The second-order valence-electron chi connectivity index (χ2n) is 9.54. The van der Waals surface area contributed by atoms with Crippen LogP contribution in [0.4, 0.5) is 4.79 Å². The molecule has 5 rings (SSSR count). The summed E-state index contributed by atoms with van der Waals surface area (Å²) in [5.74, 6) is -1.26. The topological polar surface area (TPSA) is 95.9 Å². The number of carboxylic acid groups (broad SMARTS) is 1. The highest BCUT2D eigenvalue weighted by Crippen LogP contribution is 2.44. The van der Waals surface area contributed by atoms with Gasteiger partial charge in [-0.2, -0.15) is 0 Å². The summed E-state index contributed by atoms with van der Waals surface area (Å²) in [6.45, 7) is 0.822. The fourth-order valence-corrected chi connectivity index (χ4v) is 5.97. The number of rotatable bonds is 6. The van der Waals surface area contributed by atoms with E-state index in [0.29, 0.717) is 13.0 Å². The summed E-state index contributed by atoms with van der Waals surface area (Å²) < 4.78 is 5.68. The van der Waals surface area contributed by atoms with Crippen LogP contribution in [-0.4, -0.2) is 53.2 Å². The highest BCUT2D eigenvalue weighted by molar-refractivity contribution is 5.82. The van der Waals surface area contributed by atoms with Gasteiger partial charge in [-0.3, -0.25) is 9.59 Å². The number of likely N-dealkylation sites (tertiary alicyclic amines) is 1. The monoisotopic (exact) mass is 462 g/mol. The van der Waals surface area contributed by atoms with E-state index in [1.807, 2.05) is 24.3 Å². The minimum atomic E-state index is -0.885. The van der Waals surface area contributed by atoms with Gasteiger partial charge in [0, 0.05) is 24.5 Å². The Bertz CT molecular complexity index is 1050. The molecule has 1 aliphatic heterocycles. The zero-order chi connectivity index (χ0) is 23.7. The maximum absolute atomic E-state index is 13.2. The third-order valence-electron chi connectivity index (χ3n) is 7.55. The summed E-state index contributed by atoms with van der Waals surface area (Å²) in [6, 6.07) is 15.9. The Morgan fingerprint density at radius 2 is 1.62 bits per heavy atom. The maximum Gasteiger partial charge on any atom is 0.407 e. The van der Waals surface area contributed by atoms with Gasteiger partial charge in [0.2, 0.25) is 5.91 Å². The molecule has 2 N–H and O–H groups in total. The van der Waals surface area contributed by atoms with Crippen LogP contribution in [0.15, 0.2) is 48.5 Å². The molecule has 2 amide bonds. The van der Waals surface area contributed by atoms with Crippen LogP contribution in [-0.2, 0) is 14.3 Å². The lowest BCUT2D eigenvalue weighted by atomic mass is 9.98. The van der Waals surface area contributed by atoms with Crippen LogP contribution in [0, 0.1) is 5.92 Å². The molecule has 1 heterocycles. The number of ether oxygens (including phenoxy) is 1. The van der Waals surface area contributed by atoms with Gasteiger partial charge < -0.3 is 20.1 Å². The molecule has 1 unspecified atom stereocenters. The van der Waals surface area contributed by atoms with Crippen LogP contribution in [0.1, 0.15) is 55.6 Å². The summed E-state index contributed by atoms with van der Waals surface area (Å²) >= 11 is 0. The molecule has 34 heavy (non-hydrogen) atoms. The van der Waals surface area contributed by atoms with Gasteiger partial charge in [0.25, 0.3) is 0 Å². The first kappa shape index (κ1) is 22.4. The van der Waals surface area contributed by atoms with Crippen molar-refractivity contribution in [2.24, 2.45) is 5.92 Å². The molecule has 7 heteroatoms. The van der Waals surface area contributed by atoms with Gasteiger partial charge in [-0.25, -0.2) is 4.79 Å². The van der Waals surface area contributed by atoms with E-state index >= 15 is 0 Å². The number of benzene rings is 2. The Hall–Kier alpha value is -3.35. The fraction of sp³-hybridized carbons (Fsp3) is 0.444. The van der Waals surface area contributed by atoms with Gasteiger partial charge >= 0.3 is 12.1 Å². The molecule has 3 atom stereocenters. The Morgan fingerprint density at radius 3 is 2.29 bits per heavy atom. The van der Waals surface area contributed by atoms with Crippen molar-refractivity contribution in [2.75, 3.05) is 13.2 Å². The molecule has 7 nitrogen and oxygen atoms in total. The summed E-state index contributed by atoms with van der Waals surface area (Å²) in [6.07, 6.45) is 3.28. The second kappa shape index (κ2) is 9.49. The maximum atomic E-state index is 13.2. The van der Waals surface area contributed by atoms with Gasteiger partial charge in [0.15, 0.2) is 0 Å². The molecular weight excluding hydrogens is 432 g/mol. The van der Waals surface area contributed by atoms with E-state index in [1.165, 1.54) is 11.1 Å². The summed E-state index contributed by atoms with van der Waals surface area (Å²) in [5, 5.41) is 12.1. The van der Waals surface area contributed by atoms with Crippen LogP contribution in [0.3, 0.4) is 0 Å². The summed E-state index contributed by atoms with van der Waals surface area (Å²) in [4.78, 5) is 38.9. The first-order valence-corrected chi connectivity index (χ1v) is 12.2. The number of fused-ring (bicyclic) bond motifs is 3. The highest BCUT2D eigenvalue weighted by atomic mass is 16.5. The zero-order valence-corrected chi connectivity index (χ0v) is 19.1. The molecule has 0 bridgehead atoms. The van der Waals surface area contributed by atoms with E-state index in [2.05, 4.69) is 29.6 Å². The lowest BCUT2D eigenvalue weighted by molar-refractivity contribution is -0.141. The van der Waals surface area contributed by atoms with Crippen molar-refractivity contribution < 1.29 is 24.2 Å². The van der Waals surface area contributed by atoms with E-state index in [0.717, 1.165) is 36.8 Å². The average molecular weight is 463 g/mol. The number of amides is 2. The van der Waals surface area contributed by atoms with Crippen LogP contribution >= 0.6 is 0 Å². The Balaban J connectivity index is 1.21. The zero-order valence-electron chi connectivity index (χ0n) is 19.1. The standard InChI is InChI=1S/C27H30N2O5/c30-25(31)15-17-7-6-14-29(17)26(32)22-12-5-13-24(22)28-27(33)34-16-23-20-10-3-1-8-18(20)19-9-2-4-11-21(19)23/h1-4,8-11,17,22-24H,5-7,12-16H2,(H,28,33)(H,30,31)/t17?,22-,24+/m1/s1. The molecule has 0 radical (unpaired) electrons. The van der Waals surface area contributed by atoms with Crippen molar-refractivity contribution >= 4 is 18.0 Å². The molecule has 2 aromatic carbocycles. The minimum Gasteiger partial charge on any atom is -0.481 e. The molecule has 0 spiro atoms. The summed E-state index contributed by atoms with van der Waals surface area (Å²) in [7, 11) is 0. The molecule has 1 saturated heterocycles. The smallest absolute Gasteiger partial charge is 0.407 e. The van der Waals surface area contributed by atoms with Crippen molar-refractivity contribution in [1.29, 1.82) is 0 Å². The number of hydrogen-bond acceptors (Lipinski definition) is 4. The van der Waals surface area contributed by atoms with E-state index in [-0.39, 0.29) is 42.9 Å². The molecule has 0 aromatic heterocycles. The lowest BCUT2D eigenvalue weighted by Gasteiger charge is -2.29. The number of carbonyl (C=O) groups excluding carboxylic acids is 2. The number of carbonyl (C=O) groups is 3. The quantitative estimate of drug-likeness (QED) is 0.672. The van der Waals surface area contributed by atoms with Crippen LogP contribution in [0.2, 0.25) is 0 Å². The highest BCUT2D eigenvalue weighted by Gasteiger charge is 2.40. The van der Waals surface area contributed by atoms with Gasteiger partial charge in [-0.05, 0) is 47.9 Å². The van der Waals surface area contributed by atoms with Crippen molar-refractivity contribution in [3.05, 3.63) is 59.7 Å². The normalized spacial score (nSPS) is 23.4. The van der Waals surface area contributed by atoms with Crippen LogP contribution in [0.5, 0.6) is 0 Å². The molecule has 178 valence electrons. The number of nitrogens with zero attached hydrogens (tertiary/aromatic N) is 1. The van der Waals surface area contributed by atoms with Gasteiger partial charge in [-0.1, -0.05) is 55.0 Å². The van der Waals surface area contributed by atoms with Crippen molar-refractivity contribution in [3.8, 4) is 11.1 Å². The van der Waals surface area contributed by atoms with Crippen molar-refractivity contribution in [1.82, 2.24) is 10.2 Å². The number of carboxylic acids is 1. The van der Waals surface area contributed by atoms with Gasteiger partial charge in [-0.15, -0.1) is 0 Å². The third-order valence-corrected chi connectivity index (χ3v) is 7.55. The largest absolute Gasteiger partial charge is 0.481 e. The second-order valence-corrected chi connectivity index (χ2v) is 9.54. The van der Waals surface area contributed by atoms with Crippen LogP contribution < -0.4 is 5.32 Å². The molecule has 2 aliphatic carbocycles. The van der Waals surface area contributed by atoms with Crippen molar-refractivity contribution in [2.45, 2.75) is 56.5 Å². The fourth-order valence-electron chi connectivity index (χ4n) is 5.97. The van der Waals surface area contributed by atoms with Gasteiger partial charge in [0.05, 0.1) is 12.3 Å². The lowest BCUT2D eigenvalue weighted by Crippen LogP contribution is -2.47. The van der Waals surface area contributed by atoms with E-state index in [4.69, 9.17) is 9.84 Å². The SMILES string of the molecule is O=C(O)CC1CCCN1C(=O)[C@@H]1CCC[C@@H]1NC(=O)OCC1c2ccccc2-c2ccccc21. The molecular formula is C27H30N2O5. The number of alkyl carbamates (subject to hydrolysis) is 1.